The SMILES string of the molecule is CCNC(CC)c1nnc(CC(C)COC)o1. The van der Waals surface area contributed by atoms with Crippen molar-refractivity contribution in [3.63, 3.8) is 0 Å². The van der Waals surface area contributed by atoms with E-state index in [1.54, 1.807) is 7.11 Å². The highest BCUT2D eigenvalue weighted by Crippen LogP contribution is 2.16. The lowest BCUT2D eigenvalue weighted by Crippen LogP contribution is -2.20. The van der Waals surface area contributed by atoms with Gasteiger partial charge in [0.25, 0.3) is 0 Å². The van der Waals surface area contributed by atoms with Gasteiger partial charge in [0, 0.05) is 20.1 Å². The molecule has 0 fully saturated rings. The van der Waals surface area contributed by atoms with Crippen LogP contribution in [0.5, 0.6) is 0 Å². The summed E-state index contributed by atoms with van der Waals surface area (Å²) in [5.41, 5.74) is 0. The van der Waals surface area contributed by atoms with Gasteiger partial charge in [-0.3, -0.25) is 0 Å². The van der Waals surface area contributed by atoms with Gasteiger partial charge in [0.05, 0.1) is 6.04 Å². The molecule has 0 aromatic carbocycles. The molecule has 0 saturated heterocycles. The zero-order chi connectivity index (χ0) is 12.7. The normalized spacial score (nSPS) is 14.8. The highest BCUT2D eigenvalue weighted by atomic mass is 16.5. The Balaban J connectivity index is 2.57. The van der Waals surface area contributed by atoms with Gasteiger partial charge in [-0.1, -0.05) is 20.8 Å². The minimum Gasteiger partial charge on any atom is -0.424 e. The van der Waals surface area contributed by atoms with Crippen LogP contribution < -0.4 is 5.32 Å². The molecule has 5 heteroatoms. The van der Waals surface area contributed by atoms with Crippen LogP contribution in [0.4, 0.5) is 0 Å². The van der Waals surface area contributed by atoms with Gasteiger partial charge >= 0.3 is 0 Å². The lowest BCUT2D eigenvalue weighted by molar-refractivity contribution is 0.155. The molecule has 98 valence electrons. The molecule has 1 heterocycles. The van der Waals surface area contributed by atoms with Crippen LogP contribution >= 0.6 is 0 Å². The summed E-state index contributed by atoms with van der Waals surface area (Å²) in [7, 11) is 1.70. The maximum Gasteiger partial charge on any atom is 0.233 e. The highest BCUT2D eigenvalue weighted by Gasteiger charge is 2.16. The molecule has 0 saturated carbocycles. The molecule has 0 aliphatic rings. The Bertz CT molecular complexity index is 314. The molecule has 5 nitrogen and oxygen atoms in total. The second kappa shape index (κ2) is 7.40. The summed E-state index contributed by atoms with van der Waals surface area (Å²) in [6.07, 6.45) is 1.71. The molecule has 0 aliphatic heterocycles. The average Bonchev–Trinajstić information content (AvgIpc) is 2.74. The molecule has 1 aromatic rings. The third kappa shape index (κ3) is 4.44. The predicted octanol–water partition coefficient (Wildman–Crippen LogP) is 1.96. The van der Waals surface area contributed by atoms with Crippen LogP contribution in [0.2, 0.25) is 0 Å². The Labute approximate surface area is 103 Å². The summed E-state index contributed by atoms with van der Waals surface area (Å²) >= 11 is 0. The first kappa shape index (κ1) is 14.1. The predicted molar refractivity (Wildman–Crippen MR) is 65.8 cm³/mol. The number of nitrogens with one attached hydrogen (secondary N) is 1. The molecule has 0 amide bonds. The van der Waals surface area contributed by atoms with Crippen molar-refractivity contribution in [2.45, 2.75) is 39.7 Å². The van der Waals surface area contributed by atoms with E-state index < -0.39 is 0 Å². The molecule has 1 N–H and O–H groups in total. The van der Waals surface area contributed by atoms with E-state index in [2.05, 4.69) is 36.3 Å². The van der Waals surface area contributed by atoms with Crippen molar-refractivity contribution in [1.82, 2.24) is 15.5 Å². The Morgan fingerprint density at radius 1 is 1.35 bits per heavy atom. The van der Waals surface area contributed by atoms with E-state index in [4.69, 9.17) is 9.15 Å². The van der Waals surface area contributed by atoms with Crippen LogP contribution in [-0.2, 0) is 11.2 Å². The lowest BCUT2D eigenvalue weighted by atomic mass is 10.1. The number of methoxy groups -OCH3 is 1. The summed E-state index contributed by atoms with van der Waals surface area (Å²) in [6.45, 7) is 7.89. The summed E-state index contributed by atoms with van der Waals surface area (Å²) in [5, 5.41) is 11.5. The Hall–Kier alpha value is -0.940. The largest absolute Gasteiger partial charge is 0.424 e. The van der Waals surface area contributed by atoms with Gasteiger partial charge in [0.15, 0.2) is 0 Å². The van der Waals surface area contributed by atoms with Crippen molar-refractivity contribution in [2.24, 2.45) is 5.92 Å². The van der Waals surface area contributed by atoms with Crippen LogP contribution in [0, 0.1) is 5.92 Å². The molecule has 1 aromatic heterocycles. The molecule has 17 heavy (non-hydrogen) atoms. The Morgan fingerprint density at radius 3 is 2.71 bits per heavy atom. The smallest absolute Gasteiger partial charge is 0.233 e. The van der Waals surface area contributed by atoms with Crippen molar-refractivity contribution in [3.05, 3.63) is 11.8 Å². The van der Waals surface area contributed by atoms with E-state index in [1.807, 2.05) is 0 Å². The molecule has 2 unspecified atom stereocenters. The second-order valence-corrected chi connectivity index (χ2v) is 4.32. The number of nitrogens with zero attached hydrogens (tertiary/aromatic N) is 2. The van der Waals surface area contributed by atoms with Crippen molar-refractivity contribution < 1.29 is 9.15 Å². The number of ether oxygens (including phenoxy) is 1. The third-order valence-corrected chi connectivity index (χ3v) is 2.61. The van der Waals surface area contributed by atoms with E-state index in [9.17, 15) is 0 Å². The fourth-order valence-corrected chi connectivity index (χ4v) is 1.78. The number of hydrogen-bond donors (Lipinski definition) is 1. The Kier molecular flexibility index (Phi) is 6.15. The monoisotopic (exact) mass is 241 g/mol. The van der Waals surface area contributed by atoms with Gasteiger partial charge < -0.3 is 14.5 Å². The standard InChI is InChI=1S/C12H23N3O2/c1-5-10(13-6-2)12-15-14-11(17-12)7-9(3)8-16-4/h9-10,13H,5-8H2,1-4H3. The van der Waals surface area contributed by atoms with E-state index in [0.29, 0.717) is 24.3 Å². The number of aromatic nitrogens is 2. The van der Waals surface area contributed by atoms with Crippen molar-refractivity contribution in [1.29, 1.82) is 0 Å². The lowest BCUT2D eigenvalue weighted by Gasteiger charge is -2.10. The first-order valence-corrected chi connectivity index (χ1v) is 6.25. The second-order valence-electron chi connectivity index (χ2n) is 4.32. The quantitative estimate of drug-likeness (QED) is 0.754. The minimum atomic E-state index is 0.166. The first-order valence-electron chi connectivity index (χ1n) is 6.25. The molecule has 0 bridgehead atoms. The van der Waals surface area contributed by atoms with Crippen LogP contribution in [-0.4, -0.2) is 30.5 Å². The van der Waals surface area contributed by atoms with Gasteiger partial charge in [-0.05, 0) is 18.9 Å². The molecule has 0 aliphatic carbocycles. The summed E-state index contributed by atoms with van der Waals surface area (Å²) in [6, 6.07) is 0.166. The first-order chi connectivity index (χ1) is 8.21. The van der Waals surface area contributed by atoms with Crippen LogP contribution in [0.15, 0.2) is 4.42 Å². The number of hydrogen-bond acceptors (Lipinski definition) is 5. The topological polar surface area (TPSA) is 60.2 Å². The van der Waals surface area contributed by atoms with E-state index in [0.717, 1.165) is 19.4 Å². The highest BCUT2D eigenvalue weighted by molar-refractivity contribution is 4.90. The van der Waals surface area contributed by atoms with E-state index >= 15 is 0 Å². The summed E-state index contributed by atoms with van der Waals surface area (Å²) < 4.78 is 10.8. The fourth-order valence-electron chi connectivity index (χ4n) is 1.78. The average molecular weight is 241 g/mol. The van der Waals surface area contributed by atoms with Gasteiger partial charge in [-0.15, -0.1) is 10.2 Å². The maximum absolute atomic E-state index is 5.67. The van der Waals surface area contributed by atoms with Crippen molar-refractivity contribution in [2.75, 3.05) is 20.3 Å². The van der Waals surface area contributed by atoms with E-state index in [-0.39, 0.29) is 6.04 Å². The molecule has 1 rings (SSSR count). The van der Waals surface area contributed by atoms with Crippen LogP contribution in [0.3, 0.4) is 0 Å². The minimum absolute atomic E-state index is 0.166. The zero-order valence-electron chi connectivity index (χ0n) is 11.2. The van der Waals surface area contributed by atoms with Gasteiger partial charge in [-0.25, -0.2) is 0 Å². The molecule has 0 radical (unpaired) electrons. The van der Waals surface area contributed by atoms with Gasteiger partial charge in [0.1, 0.15) is 0 Å². The van der Waals surface area contributed by atoms with E-state index in [1.165, 1.54) is 0 Å². The summed E-state index contributed by atoms with van der Waals surface area (Å²) in [5.74, 6) is 1.78. The van der Waals surface area contributed by atoms with Gasteiger partial charge in [0.2, 0.25) is 11.8 Å². The molecule has 0 spiro atoms. The zero-order valence-corrected chi connectivity index (χ0v) is 11.2. The molecule has 2 atom stereocenters. The Morgan fingerprint density at radius 2 is 2.12 bits per heavy atom. The summed E-state index contributed by atoms with van der Waals surface area (Å²) in [4.78, 5) is 0. The fraction of sp³-hybridized carbons (Fsp3) is 0.833. The van der Waals surface area contributed by atoms with Crippen LogP contribution in [0.1, 0.15) is 45.0 Å². The van der Waals surface area contributed by atoms with Gasteiger partial charge in [-0.2, -0.15) is 0 Å². The molecular weight excluding hydrogens is 218 g/mol. The number of rotatable bonds is 8. The maximum atomic E-state index is 5.67. The van der Waals surface area contributed by atoms with Crippen molar-refractivity contribution in [3.8, 4) is 0 Å². The molecular formula is C12H23N3O2. The van der Waals surface area contributed by atoms with Crippen molar-refractivity contribution >= 4 is 0 Å². The van der Waals surface area contributed by atoms with Crippen LogP contribution in [0.25, 0.3) is 0 Å². The third-order valence-electron chi connectivity index (χ3n) is 2.61.